The topological polar surface area (TPSA) is 59.8 Å². The Balaban J connectivity index is 1.71. The van der Waals surface area contributed by atoms with Gasteiger partial charge in [-0.1, -0.05) is 55.9 Å². The first-order chi connectivity index (χ1) is 14.0. The number of carbonyl (C=O) groups excluding carboxylic acids is 1. The summed E-state index contributed by atoms with van der Waals surface area (Å²) in [6.45, 7) is 9.31. The summed E-state index contributed by atoms with van der Waals surface area (Å²) in [6.07, 6.45) is 1.96. The fourth-order valence-corrected chi connectivity index (χ4v) is 5.08. The van der Waals surface area contributed by atoms with Crippen molar-refractivity contribution in [2.75, 3.05) is 5.75 Å². The van der Waals surface area contributed by atoms with E-state index in [1.807, 2.05) is 37.3 Å². The molecule has 0 unspecified atom stereocenters. The lowest BCUT2D eigenvalue weighted by molar-refractivity contribution is -0.119. The van der Waals surface area contributed by atoms with E-state index in [0.29, 0.717) is 5.75 Å². The lowest BCUT2D eigenvalue weighted by Gasteiger charge is -2.14. The highest BCUT2D eigenvalue weighted by atomic mass is 32.2. The number of aromatic nitrogens is 3. The molecule has 0 fully saturated rings. The van der Waals surface area contributed by atoms with Crippen LogP contribution in [0.25, 0.3) is 11.4 Å². The van der Waals surface area contributed by atoms with Crippen molar-refractivity contribution in [3.63, 3.8) is 0 Å². The number of thioether (sulfide) groups is 1. The monoisotopic (exact) mass is 428 g/mol. The largest absolute Gasteiger partial charge is 0.349 e. The van der Waals surface area contributed by atoms with Gasteiger partial charge in [0.05, 0.1) is 11.8 Å². The second kappa shape index (κ2) is 10.1. The number of hydrogen-bond acceptors (Lipinski definition) is 5. The maximum Gasteiger partial charge on any atom is 0.230 e. The van der Waals surface area contributed by atoms with Crippen molar-refractivity contribution in [1.29, 1.82) is 0 Å². The maximum atomic E-state index is 12.5. The van der Waals surface area contributed by atoms with Gasteiger partial charge in [0.1, 0.15) is 0 Å². The first-order valence-corrected chi connectivity index (χ1v) is 11.9. The van der Waals surface area contributed by atoms with E-state index in [-0.39, 0.29) is 11.9 Å². The van der Waals surface area contributed by atoms with Crippen molar-refractivity contribution < 1.29 is 4.79 Å². The number of amides is 1. The van der Waals surface area contributed by atoms with Crippen LogP contribution in [0.1, 0.15) is 49.2 Å². The summed E-state index contributed by atoms with van der Waals surface area (Å²) in [5, 5.41) is 14.9. The summed E-state index contributed by atoms with van der Waals surface area (Å²) in [7, 11) is 0. The number of benzene rings is 1. The molecule has 5 nitrogen and oxygen atoms in total. The Morgan fingerprint density at radius 3 is 2.69 bits per heavy atom. The van der Waals surface area contributed by atoms with Gasteiger partial charge in [0.15, 0.2) is 11.0 Å². The van der Waals surface area contributed by atoms with E-state index in [9.17, 15) is 4.79 Å². The minimum atomic E-state index is -0.0192. The predicted molar refractivity (Wildman–Crippen MR) is 121 cm³/mol. The quantitative estimate of drug-likeness (QED) is 0.473. The van der Waals surface area contributed by atoms with Gasteiger partial charge in [0.25, 0.3) is 0 Å². The molecule has 3 rings (SSSR count). The first kappa shape index (κ1) is 21.6. The molecule has 0 spiro atoms. The van der Waals surface area contributed by atoms with Gasteiger partial charge in [-0.3, -0.25) is 4.79 Å². The van der Waals surface area contributed by atoms with Crippen LogP contribution in [0.5, 0.6) is 0 Å². The maximum absolute atomic E-state index is 12.5. The lowest BCUT2D eigenvalue weighted by atomic mass is 10.1. The molecule has 29 heavy (non-hydrogen) atoms. The molecule has 0 saturated heterocycles. The van der Waals surface area contributed by atoms with Gasteiger partial charge in [-0.2, -0.15) is 0 Å². The van der Waals surface area contributed by atoms with Crippen LogP contribution < -0.4 is 5.32 Å². The molecule has 0 saturated carbocycles. The fourth-order valence-electron chi connectivity index (χ4n) is 3.36. The van der Waals surface area contributed by atoms with Crippen molar-refractivity contribution in [1.82, 2.24) is 20.1 Å². The molecule has 154 valence electrons. The van der Waals surface area contributed by atoms with E-state index in [1.54, 1.807) is 11.3 Å². The average molecular weight is 429 g/mol. The highest BCUT2D eigenvalue weighted by Crippen LogP contribution is 2.32. The predicted octanol–water partition coefficient (Wildman–Crippen LogP) is 5.26. The normalized spacial score (nSPS) is 12.1. The first-order valence-electron chi connectivity index (χ1n) is 10.0. The third kappa shape index (κ3) is 5.08. The van der Waals surface area contributed by atoms with Gasteiger partial charge in [-0.05, 0) is 37.8 Å². The highest BCUT2D eigenvalue weighted by Gasteiger charge is 2.19. The number of nitrogens with zero attached hydrogens (tertiary/aromatic N) is 3. The minimum absolute atomic E-state index is 0.000392. The molecular weight excluding hydrogens is 400 g/mol. The van der Waals surface area contributed by atoms with E-state index in [1.165, 1.54) is 27.8 Å². The lowest BCUT2D eigenvalue weighted by Crippen LogP contribution is -2.28. The van der Waals surface area contributed by atoms with E-state index in [4.69, 9.17) is 0 Å². The average Bonchev–Trinajstić information content (AvgIpc) is 3.29. The Hall–Kier alpha value is -2.12. The van der Waals surface area contributed by atoms with Gasteiger partial charge in [-0.15, -0.1) is 21.5 Å². The van der Waals surface area contributed by atoms with Crippen LogP contribution in [-0.4, -0.2) is 26.4 Å². The molecule has 1 atom stereocenters. The number of hydrogen-bond donors (Lipinski definition) is 1. The third-order valence-corrected chi connectivity index (χ3v) is 6.79. The molecule has 0 aliphatic rings. The van der Waals surface area contributed by atoms with Crippen molar-refractivity contribution in [2.45, 2.75) is 58.3 Å². The van der Waals surface area contributed by atoms with Crippen LogP contribution in [-0.2, 0) is 17.8 Å². The van der Waals surface area contributed by atoms with Gasteiger partial charge in [0, 0.05) is 22.4 Å². The molecule has 2 heterocycles. The van der Waals surface area contributed by atoms with Crippen LogP contribution in [0.4, 0.5) is 0 Å². The zero-order valence-electron chi connectivity index (χ0n) is 17.4. The smallest absolute Gasteiger partial charge is 0.230 e. The Bertz CT molecular complexity index is 949. The standard InChI is InChI=1S/C22H28N4OS2/c1-5-12-26-21(19-13-28-16(4)18(19)6-2)24-25-22(26)29-14-20(27)23-15(3)17-10-8-7-9-11-17/h7-11,13,15H,5-6,12,14H2,1-4H3,(H,23,27)/t15-/m0/s1. The molecular formula is C22H28N4OS2. The number of carbonyl (C=O) groups is 1. The number of aryl methyl sites for hydroxylation is 1. The molecule has 1 aromatic carbocycles. The van der Waals surface area contributed by atoms with Crippen LogP contribution in [0.3, 0.4) is 0 Å². The third-order valence-electron chi connectivity index (χ3n) is 4.87. The zero-order valence-corrected chi connectivity index (χ0v) is 19.1. The molecule has 1 amide bonds. The van der Waals surface area contributed by atoms with Crippen molar-refractivity contribution >= 4 is 29.0 Å². The SMILES string of the molecule is CCCn1c(SCC(=O)N[C@@H](C)c2ccccc2)nnc1-c1csc(C)c1CC. The molecule has 0 aliphatic carbocycles. The molecule has 3 aromatic rings. The van der Waals surface area contributed by atoms with Crippen LogP contribution in [0.15, 0.2) is 40.9 Å². The van der Waals surface area contributed by atoms with Gasteiger partial charge in [-0.25, -0.2) is 0 Å². The Kier molecular flexibility index (Phi) is 7.50. The van der Waals surface area contributed by atoms with Crippen LogP contribution in [0.2, 0.25) is 0 Å². The minimum Gasteiger partial charge on any atom is -0.349 e. The van der Waals surface area contributed by atoms with E-state index < -0.39 is 0 Å². The molecule has 2 aromatic heterocycles. The van der Waals surface area contributed by atoms with E-state index in [0.717, 1.165) is 35.9 Å². The number of rotatable bonds is 9. The highest BCUT2D eigenvalue weighted by molar-refractivity contribution is 7.99. The second-order valence-corrected chi connectivity index (χ2v) is 9.01. The Morgan fingerprint density at radius 2 is 2.00 bits per heavy atom. The molecule has 0 aliphatic heterocycles. The summed E-state index contributed by atoms with van der Waals surface area (Å²) in [5.74, 6) is 1.23. The Morgan fingerprint density at radius 1 is 1.24 bits per heavy atom. The number of nitrogens with one attached hydrogen (secondary N) is 1. The van der Waals surface area contributed by atoms with Crippen molar-refractivity contribution in [3.05, 3.63) is 51.7 Å². The van der Waals surface area contributed by atoms with Crippen molar-refractivity contribution in [3.8, 4) is 11.4 Å². The van der Waals surface area contributed by atoms with Crippen LogP contribution >= 0.6 is 23.1 Å². The summed E-state index contributed by atoms with van der Waals surface area (Å²) in [6, 6.07) is 9.98. The summed E-state index contributed by atoms with van der Waals surface area (Å²) < 4.78 is 2.15. The summed E-state index contributed by atoms with van der Waals surface area (Å²) >= 11 is 3.21. The molecule has 7 heteroatoms. The van der Waals surface area contributed by atoms with Crippen molar-refractivity contribution in [2.24, 2.45) is 0 Å². The van der Waals surface area contributed by atoms with E-state index >= 15 is 0 Å². The summed E-state index contributed by atoms with van der Waals surface area (Å²) in [5.41, 5.74) is 3.61. The number of thiophene rings is 1. The van der Waals surface area contributed by atoms with Crippen LogP contribution in [0, 0.1) is 6.92 Å². The van der Waals surface area contributed by atoms with Gasteiger partial charge < -0.3 is 9.88 Å². The molecule has 0 radical (unpaired) electrons. The molecule has 0 bridgehead atoms. The Labute approximate surface area is 180 Å². The van der Waals surface area contributed by atoms with E-state index in [2.05, 4.69) is 46.2 Å². The fraction of sp³-hybridized carbons (Fsp3) is 0.409. The second-order valence-electron chi connectivity index (χ2n) is 6.98. The molecule has 1 N–H and O–H groups in total. The zero-order chi connectivity index (χ0) is 20.8. The van der Waals surface area contributed by atoms with Gasteiger partial charge >= 0.3 is 0 Å². The van der Waals surface area contributed by atoms with Gasteiger partial charge in [0.2, 0.25) is 5.91 Å². The summed E-state index contributed by atoms with van der Waals surface area (Å²) in [4.78, 5) is 13.8.